The molecule has 1 aliphatic rings. The molecule has 4 rings (SSSR count). The van der Waals surface area contributed by atoms with Gasteiger partial charge in [0.2, 0.25) is 5.91 Å². The molecule has 1 saturated carbocycles. The number of anilines is 2. The monoisotopic (exact) mass is 536 g/mol. The number of alkyl halides is 2. The Kier molecular flexibility index (Phi) is 6.92. The first-order valence-corrected chi connectivity index (χ1v) is 11.6. The number of hydrogen-bond donors (Lipinski definition) is 2. The zero-order valence-electron chi connectivity index (χ0n) is 17.4. The maximum absolute atomic E-state index is 13.1. The first-order valence-electron chi connectivity index (χ1n) is 10.1. The highest BCUT2D eigenvalue weighted by atomic mass is 35.5. The van der Waals surface area contributed by atoms with Crippen molar-refractivity contribution in [1.82, 2.24) is 0 Å². The molecule has 0 saturated heterocycles. The molecule has 0 aromatic heterocycles. The van der Waals surface area contributed by atoms with Crippen molar-refractivity contribution in [3.8, 4) is 0 Å². The highest BCUT2D eigenvalue weighted by Crippen LogP contribution is 2.65. The standard InChI is InChI=1S/C25H17Cl4FN2O2/c1-2-13-11-14(3-9-19(13)26)21-22(25(21,28)29)24(34)32-17-8-10-20(27)18(12-17)23(33)31-16-6-4-15(30)5-7-16/h2-12,21-22H,1H2,(H,31,33)(H,32,34). The molecule has 1 fully saturated rings. The minimum Gasteiger partial charge on any atom is -0.326 e. The van der Waals surface area contributed by atoms with Gasteiger partial charge in [-0.25, -0.2) is 4.39 Å². The average Bonchev–Trinajstić information content (AvgIpc) is 3.38. The Labute approximate surface area is 215 Å². The third-order valence-corrected chi connectivity index (χ3v) is 7.13. The van der Waals surface area contributed by atoms with E-state index >= 15 is 0 Å². The summed E-state index contributed by atoms with van der Waals surface area (Å²) in [4.78, 5) is 25.7. The van der Waals surface area contributed by atoms with Gasteiger partial charge in [0, 0.05) is 22.3 Å². The van der Waals surface area contributed by atoms with Crippen LogP contribution in [0, 0.1) is 11.7 Å². The molecule has 2 unspecified atom stereocenters. The van der Waals surface area contributed by atoms with Crippen LogP contribution in [-0.2, 0) is 4.79 Å². The lowest BCUT2D eigenvalue weighted by atomic mass is 10.1. The van der Waals surface area contributed by atoms with Gasteiger partial charge in [0.25, 0.3) is 5.91 Å². The maximum atomic E-state index is 13.1. The number of amides is 2. The molecule has 0 aliphatic heterocycles. The first kappa shape index (κ1) is 24.6. The second-order valence-electron chi connectivity index (χ2n) is 7.76. The minimum absolute atomic E-state index is 0.132. The number of hydrogen-bond acceptors (Lipinski definition) is 2. The second kappa shape index (κ2) is 9.59. The van der Waals surface area contributed by atoms with Crippen LogP contribution in [0.4, 0.5) is 15.8 Å². The summed E-state index contributed by atoms with van der Waals surface area (Å²) in [7, 11) is 0. The number of benzene rings is 3. The van der Waals surface area contributed by atoms with E-state index in [1.54, 1.807) is 30.3 Å². The van der Waals surface area contributed by atoms with Crippen LogP contribution in [-0.4, -0.2) is 16.1 Å². The molecule has 1 aliphatic carbocycles. The van der Waals surface area contributed by atoms with Gasteiger partial charge < -0.3 is 10.6 Å². The van der Waals surface area contributed by atoms with Crippen LogP contribution in [0.2, 0.25) is 10.0 Å². The highest BCUT2D eigenvalue weighted by Gasteiger charge is 2.67. The van der Waals surface area contributed by atoms with E-state index in [1.165, 1.54) is 36.4 Å². The van der Waals surface area contributed by atoms with E-state index in [4.69, 9.17) is 46.4 Å². The molecule has 2 atom stereocenters. The Morgan fingerprint density at radius 1 is 0.912 bits per heavy atom. The molecule has 174 valence electrons. The molecular formula is C25H17Cl4FN2O2. The van der Waals surface area contributed by atoms with E-state index in [-0.39, 0.29) is 10.6 Å². The topological polar surface area (TPSA) is 58.2 Å². The van der Waals surface area contributed by atoms with Crippen LogP contribution in [0.1, 0.15) is 27.4 Å². The zero-order valence-corrected chi connectivity index (χ0v) is 20.4. The van der Waals surface area contributed by atoms with Gasteiger partial charge in [-0.1, -0.05) is 41.9 Å². The first-order chi connectivity index (χ1) is 16.1. The van der Waals surface area contributed by atoms with Crippen molar-refractivity contribution in [2.75, 3.05) is 10.6 Å². The Hall–Kier alpha value is -2.57. The van der Waals surface area contributed by atoms with Crippen molar-refractivity contribution in [3.05, 3.63) is 99.8 Å². The molecule has 3 aromatic rings. The van der Waals surface area contributed by atoms with Crippen LogP contribution >= 0.6 is 46.4 Å². The van der Waals surface area contributed by atoms with E-state index in [2.05, 4.69) is 17.2 Å². The lowest BCUT2D eigenvalue weighted by Crippen LogP contribution is -2.18. The number of nitrogens with one attached hydrogen (secondary N) is 2. The van der Waals surface area contributed by atoms with Gasteiger partial charge in [-0.05, 0) is 65.7 Å². The molecule has 2 N–H and O–H groups in total. The number of carbonyl (C=O) groups is 2. The maximum Gasteiger partial charge on any atom is 0.257 e. The van der Waals surface area contributed by atoms with Gasteiger partial charge in [-0.2, -0.15) is 0 Å². The van der Waals surface area contributed by atoms with Crippen molar-refractivity contribution in [2.24, 2.45) is 5.92 Å². The van der Waals surface area contributed by atoms with E-state index in [9.17, 15) is 14.0 Å². The van der Waals surface area contributed by atoms with Gasteiger partial charge in [-0.3, -0.25) is 9.59 Å². The van der Waals surface area contributed by atoms with Crippen LogP contribution in [0.5, 0.6) is 0 Å². The fourth-order valence-corrected chi connectivity index (χ4v) is 4.93. The Morgan fingerprint density at radius 2 is 1.56 bits per heavy atom. The Morgan fingerprint density at radius 3 is 2.24 bits per heavy atom. The van der Waals surface area contributed by atoms with Crippen LogP contribution < -0.4 is 10.6 Å². The lowest BCUT2D eigenvalue weighted by Gasteiger charge is -2.10. The normalized spacial score (nSPS) is 18.1. The molecule has 0 bridgehead atoms. The predicted molar refractivity (Wildman–Crippen MR) is 137 cm³/mol. The van der Waals surface area contributed by atoms with Gasteiger partial charge in [0.15, 0.2) is 0 Å². The predicted octanol–water partition coefficient (Wildman–Crippen LogP) is 7.55. The highest BCUT2D eigenvalue weighted by molar-refractivity contribution is 6.53. The minimum atomic E-state index is -1.30. The fourth-order valence-electron chi connectivity index (χ4n) is 3.71. The lowest BCUT2D eigenvalue weighted by molar-refractivity contribution is -0.117. The smallest absolute Gasteiger partial charge is 0.257 e. The number of carbonyl (C=O) groups excluding carboxylic acids is 2. The summed E-state index contributed by atoms with van der Waals surface area (Å²) in [5.74, 6) is -2.51. The van der Waals surface area contributed by atoms with Crippen molar-refractivity contribution in [2.45, 2.75) is 10.3 Å². The van der Waals surface area contributed by atoms with Crippen LogP contribution in [0.25, 0.3) is 6.08 Å². The molecule has 2 amide bonds. The van der Waals surface area contributed by atoms with Gasteiger partial charge in [0.1, 0.15) is 10.2 Å². The number of rotatable bonds is 6. The Bertz CT molecular complexity index is 1290. The van der Waals surface area contributed by atoms with Crippen LogP contribution in [0.3, 0.4) is 0 Å². The van der Waals surface area contributed by atoms with Gasteiger partial charge in [-0.15, -0.1) is 23.2 Å². The van der Waals surface area contributed by atoms with E-state index in [0.717, 1.165) is 5.56 Å². The summed E-state index contributed by atoms with van der Waals surface area (Å²) in [5, 5.41) is 6.10. The third kappa shape index (κ3) is 4.93. The molecule has 0 spiro atoms. The average molecular weight is 538 g/mol. The fraction of sp³-hybridized carbons (Fsp3) is 0.120. The summed E-state index contributed by atoms with van der Waals surface area (Å²) in [6, 6.07) is 15.1. The molecule has 4 nitrogen and oxygen atoms in total. The van der Waals surface area contributed by atoms with Crippen molar-refractivity contribution < 1.29 is 14.0 Å². The molecule has 3 aromatic carbocycles. The van der Waals surface area contributed by atoms with E-state index < -0.39 is 33.8 Å². The summed E-state index contributed by atoms with van der Waals surface area (Å²) in [6.07, 6.45) is 1.61. The summed E-state index contributed by atoms with van der Waals surface area (Å²) >= 11 is 25.2. The van der Waals surface area contributed by atoms with E-state index in [0.29, 0.717) is 22.0 Å². The van der Waals surface area contributed by atoms with Crippen molar-refractivity contribution in [1.29, 1.82) is 0 Å². The third-order valence-electron chi connectivity index (χ3n) is 5.52. The molecule has 0 radical (unpaired) electrons. The Balaban J connectivity index is 1.50. The quantitative estimate of drug-likeness (QED) is 0.319. The second-order valence-corrected chi connectivity index (χ2v) is 10.0. The van der Waals surface area contributed by atoms with Crippen molar-refractivity contribution >= 4 is 75.7 Å². The molecule has 9 heteroatoms. The number of halogens is 5. The summed E-state index contributed by atoms with van der Waals surface area (Å²) in [5.41, 5.74) is 2.35. The van der Waals surface area contributed by atoms with Gasteiger partial charge in [0.05, 0.1) is 16.5 Å². The molecular weight excluding hydrogens is 521 g/mol. The van der Waals surface area contributed by atoms with Crippen molar-refractivity contribution in [3.63, 3.8) is 0 Å². The summed E-state index contributed by atoms with van der Waals surface area (Å²) in [6.45, 7) is 3.73. The largest absolute Gasteiger partial charge is 0.326 e. The van der Waals surface area contributed by atoms with Gasteiger partial charge >= 0.3 is 0 Å². The van der Waals surface area contributed by atoms with E-state index in [1.807, 2.05) is 0 Å². The molecule has 34 heavy (non-hydrogen) atoms. The van der Waals surface area contributed by atoms with Crippen LogP contribution in [0.15, 0.2) is 67.2 Å². The summed E-state index contributed by atoms with van der Waals surface area (Å²) < 4.78 is 11.8. The SMILES string of the molecule is C=Cc1cc(C2C(C(=O)Nc3ccc(Cl)c(C(=O)Nc4ccc(F)cc4)c3)C2(Cl)Cl)ccc1Cl. The molecule has 0 heterocycles. The zero-order chi connectivity index (χ0) is 24.6.